The molecule has 5 rings (SSSR count). The van der Waals surface area contributed by atoms with Gasteiger partial charge in [0, 0.05) is 11.3 Å². The van der Waals surface area contributed by atoms with Crippen LogP contribution in [0.25, 0.3) is 0 Å². The first kappa shape index (κ1) is 15.2. The molecule has 0 aromatic rings. The van der Waals surface area contributed by atoms with Crippen molar-refractivity contribution in [3.05, 3.63) is 0 Å². The predicted octanol–water partition coefficient (Wildman–Crippen LogP) is 1.91. The highest BCUT2D eigenvalue weighted by Crippen LogP contribution is 2.70. The summed E-state index contributed by atoms with van der Waals surface area (Å²) in [5.74, 6) is 0.196. The van der Waals surface area contributed by atoms with Crippen molar-refractivity contribution in [3.63, 3.8) is 0 Å². The van der Waals surface area contributed by atoms with Crippen LogP contribution in [0.1, 0.15) is 52.4 Å². The van der Waals surface area contributed by atoms with Crippen LogP contribution in [0.4, 0.5) is 0 Å². The van der Waals surface area contributed by atoms with E-state index in [9.17, 15) is 13.2 Å². The summed E-state index contributed by atoms with van der Waals surface area (Å²) in [6.07, 6.45) is 5.55. The van der Waals surface area contributed by atoms with Crippen molar-refractivity contribution < 1.29 is 18.0 Å². The molecule has 5 atom stereocenters. The van der Waals surface area contributed by atoms with Crippen molar-refractivity contribution in [1.29, 1.82) is 0 Å². The van der Waals surface area contributed by atoms with Gasteiger partial charge in [-0.05, 0) is 49.9 Å². The maximum atomic E-state index is 13.2. The molecule has 2 heterocycles. The van der Waals surface area contributed by atoms with Crippen molar-refractivity contribution in [2.45, 2.75) is 64.5 Å². The zero-order valence-electron chi connectivity index (χ0n) is 14.2. The Morgan fingerprint density at radius 1 is 1.29 bits per heavy atom. The molecule has 4 fully saturated rings. The summed E-state index contributed by atoms with van der Waals surface area (Å²) in [6.45, 7) is 4.38. The van der Waals surface area contributed by atoms with E-state index < -0.39 is 15.9 Å². The minimum atomic E-state index is -3.58. The van der Waals surface area contributed by atoms with Crippen LogP contribution in [0.15, 0.2) is 5.16 Å². The zero-order valence-corrected chi connectivity index (χ0v) is 15.0. The number of oxime groups is 1. The van der Waals surface area contributed by atoms with Crippen molar-refractivity contribution in [2.24, 2.45) is 27.8 Å². The van der Waals surface area contributed by atoms with Crippen LogP contribution in [0, 0.1) is 22.7 Å². The summed E-state index contributed by atoms with van der Waals surface area (Å²) in [7, 11) is -3.58. The molecular formula is C17H24N2O4S. The number of hydrogen-bond donors (Lipinski definition) is 0. The van der Waals surface area contributed by atoms with E-state index in [1.807, 2.05) is 0 Å². The third kappa shape index (κ3) is 1.56. The van der Waals surface area contributed by atoms with E-state index in [2.05, 4.69) is 19.0 Å². The van der Waals surface area contributed by atoms with Gasteiger partial charge in [0.15, 0.2) is 5.71 Å². The quantitative estimate of drug-likeness (QED) is 0.722. The third-order valence-electron chi connectivity index (χ3n) is 7.92. The minimum Gasteiger partial charge on any atom is -0.391 e. The number of hydrogen-bond acceptors (Lipinski definition) is 5. The number of rotatable bonds is 1. The van der Waals surface area contributed by atoms with Crippen LogP contribution in [0.5, 0.6) is 0 Å². The van der Waals surface area contributed by atoms with Gasteiger partial charge >= 0.3 is 0 Å². The molecule has 0 aromatic heterocycles. The summed E-state index contributed by atoms with van der Waals surface area (Å²) in [5.41, 5.74) is 0.0453. The van der Waals surface area contributed by atoms with E-state index in [4.69, 9.17) is 4.84 Å². The summed E-state index contributed by atoms with van der Waals surface area (Å²) < 4.78 is 27.1. The van der Waals surface area contributed by atoms with Crippen molar-refractivity contribution in [1.82, 2.24) is 4.31 Å². The van der Waals surface area contributed by atoms with Gasteiger partial charge < -0.3 is 4.84 Å². The van der Waals surface area contributed by atoms with Gasteiger partial charge in [-0.1, -0.05) is 19.0 Å². The first-order valence-corrected chi connectivity index (χ1v) is 10.7. The second kappa shape index (κ2) is 4.34. The van der Waals surface area contributed by atoms with Crippen LogP contribution in [0.2, 0.25) is 0 Å². The molecule has 2 aliphatic heterocycles. The van der Waals surface area contributed by atoms with E-state index >= 15 is 0 Å². The zero-order chi connectivity index (χ0) is 16.9. The lowest BCUT2D eigenvalue weighted by Gasteiger charge is -2.37. The smallest absolute Gasteiger partial charge is 0.285 e. The first-order chi connectivity index (χ1) is 11.3. The standard InChI is InChI=1S/C17H24N2O4S/c1-16(2)10-6-7-17(16)9-24(21,22)19(13(17)8-10)15(20)14-11-4-3-5-12(11)23-18-14/h10-13H,3-9H2,1-2H3/t10-,11+,12-,13-,17-/m1/s1. The van der Waals surface area contributed by atoms with Crippen LogP contribution < -0.4 is 0 Å². The number of sulfonamides is 1. The van der Waals surface area contributed by atoms with Crippen molar-refractivity contribution in [3.8, 4) is 0 Å². The van der Waals surface area contributed by atoms with Gasteiger partial charge in [-0.15, -0.1) is 0 Å². The Hall–Kier alpha value is -1.11. The maximum Gasteiger partial charge on any atom is 0.285 e. The molecule has 1 amide bonds. The summed E-state index contributed by atoms with van der Waals surface area (Å²) in [6, 6.07) is -0.188. The molecule has 132 valence electrons. The monoisotopic (exact) mass is 352 g/mol. The van der Waals surface area contributed by atoms with E-state index in [1.54, 1.807) is 0 Å². The third-order valence-corrected chi connectivity index (χ3v) is 9.82. The lowest BCUT2D eigenvalue weighted by molar-refractivity contribution is -0.122. The Balaban J connectivity index is 1.54. The maximum absolute atomic E-state index is 13.2. The Kier molecular flexibility index (Phi) is 2.75. The Bertz CT molecular complexity index is 759. The average molecular weight is 352 g/mol. The molecule has 0 aromatic carbocycles. The number of carbonyl (C=O) groups excluding carboxylic acids is 1. The van der Waals surface area contributed by atoms with Crippen LogP contribution in [0.3, 0.4) is 0 Å². The largest absolute Gasteiger partial charge is 0.391 e. The first-order valence-electron chi connectivity index (χ1n) is 9.08. The molecule has 0 radical (unpaired) electrons. The highest BCUT2D eigenvalue weighted by molar-refractivity contribution is 7.90. The number of fused-ring (bicyclic) bond motifs is 2. The van der Waals surface area contributed by atoms with Crippen LogP contribution in [-0.2, 0) is 19.7 Å². The summed E-state index contributed by atoms with van der Waals surface area (Å²) >= 11 is 0. The van der Waals surface area contributed by atoms with E-state index in [0.717, 1.165) is 38.5 Å². The van der Waals surface area contributed by atoms with Gasteiger partial charge in [0.05, 0.1) is 11.8 Å². The summed E-state index contributed by atoms with van der Waals surface area (Å²) in [5, 5.41) is 4.00. The highest BCUT2D eigenvalue weighted by Gasteiger charge is 2.72. The van der Waals surface area contributed by atoms with Gasteiger partial charge in [-0.3, -0.25) is 4.79 Å². The normalized spacial score (nSPS) is 46.6. The topological polar surface area (TPSA) is 76.0 Å². The highest BCUT2D eigenvalue weighted by atomic mass is 32.2. The molecule has 3 aliphatic carbocycles. The second-order valence-electron chi connectivity index (χ2n) is 8.88. The fraction of sp³-hybridized carbons (Fsp3) is 0.882. The van der Waals surface area contributed by atoms with E-state index in [1.165, 1.54) is 4.31 Å². The van der Waals surface area contributed by atoms with Gasteiger partial charge in [0.1, 0.15) is 6.10 Å². The molecule has 1 spiro atoms. The van der Waals surface area contributed by atoms with E-state index in [-0.39, 0.29) is 34.6 Å². The Morgan fingerprint density at radius 3 is 2.83 bits per heavy atom. The van der Waals surface area contributed by atoms with Gasteiger partial charge in [-0.25, -0.2) is 12.7 Å². The lowest BCUT2D eigenvalue weighted by atomic mass is 9.69. The Morgan fingerprint density at radius 2 is 2.08 bits per heavy atom. The fourth-order valence-electron chi connectivity index (χ4n) is 6.42. The number of nitrogens with zero attached hydrogens (tertiary/aromatic N) is 2. The van der Waals surface area contributed by atoms with Gasteiger partial charge in [-0.2, -0.15) is 0 Å². The Labute approximate surface area is 142 Å². The fourth-order valence-corrected chi connectivity index (χ4v) is 8.94. The van der Waals surface area contributed by atoms with E-state index in [0.29, 0.717) is 11.6 Å². The van der Waals surface area contributed by atoms with Crippen LogP contribution in [-0.4, -0.2) is 42.2 Å². The predicted molar refractivity (Wildman–Crippen MR) is 87.6 cm³/mol. The molecule has 5 aliphatic rings. The van der Waals surface area contributed by atoms with Gasteiger partial charge in [0.25, 0.3) is 5.91 Å². The molecule has 2 bridgehead atoms. The lowest BCUT2D eigenvalue weighted by Crippen LogP contribution is -2.47. The molecule has 24 heavy (non-hydrogen) atoms. The molecule has 6 nitrogen and oxygen atoms in total. The molecular weight excluding hydrogens is 328 g/mol. The number of amides is 1. The minimum absolute atomic E-state index is 0.0177. The second-order valence-corrected chi connectivity index (χ2v) is 10.7. The SMILES string of the molecule is CC1(C)[C@@H]2CC[C@]13CS(=O)(=O)N(C(=O)C1=NO[C@@H]4CCC[C@H]14)[C@@H]3C2. The van der Waals surface area contributed by atoms with Crippen molar-refractivity contribution >= 4 is 21.6 Å². The molecule has 3 saturated carbocycles. The average Bonchev–Trinajstić information content (AvgIpc) is 3.21. The summed E-state index contributed by atoms with van der Waals surface area (Å²) in [4.78, 5) is 18.6. The number of carbonyl (C=O) groups is 1. The molecule has 7 heteroatoms. The molecule has 0 N–H and O–H groups in total. The molecule has 0 unspecified atom stereocenters. The van der Waals surface area contributed by atoms with Gasteiger partial charge in [0.2, 0.25) is 10.0 Å². The van der Waals surface area contributed by atoms with Crippen molar-refractivity contribution in [2.75, 3.05) is 5.75 Å². The molecule has 1 saturated heterocycles. The van der Waals surface area contributed by atoms with Crippen LogP contribution >= 0.6 is 0 Å².